The van der Waals surface area contributed by atoms with Crippen molar-refractivity contribution in [3.8, 4) is 11.8 Å². The highest BCUT2D eigenvalue weighted by atomic mass is 32.2. The van der Waals surface area contributed by atoms with Crippen LogP contribution in [0.1, 0.15) is 19.4 Å². The van der Waals surface area contributed by atoms with E-state index in [1.165, 1.54) is 13.3 Å². The van der Waals surface area contributed by atoms with E-state index in [0.717, 1.165) is 0 Å². The summed E-state index contributed by atoms with van der Waals surface area (Å²) in [5, 5.41) is 12.8. The molecule has 0 aliphatic heterocycles. The van der Waals surface area contributed by atoms with Crippen molar-refractivity contribution in [2.45, 2.75) is 24.0 Å². The fourth-order valence-corrected chi connectivity index (χ4v) is 5.48. The molecule has 0 aliphatic carbocycles. The number of nitriles is 1. The van der Waals surface area contributed by atoms with Crippen molar-refractivity contribution >= 4 is 45.4 Å². The molecule has 35 heavy (non-hydrogen) atoms. The standard InChI is InChI=1S/C24H28N5O4PS/c1-16(2)35(31,32)22-10-8-7-9-20(22)29(3)23-17(14-25)15-26-24(28-23)27-19-12-11-18(34(5,6)30)13-21(19)33-4/h7-13,15-16H,1-6H3,(H,26,27,28). The number of ether oxygens (including phenoxy) is 1. The van der Waals surface area contributed by atoms with Gasteiger partial charge in [0.15, 0.2) is 15.7 Å². The summed E-state index contributed by atoms with van der Waals surface area (Å²) in [6, 6.07) is 13.8. The number of rotatable bonds is 8. The van der Waals surface area contributed by atoms with E-state index < -0.39 is 22.2 Å². The lowest BCUT2D eigenvalue weighted by Crippen LogP contribution is -2.20. The Bertz CT molecular complexity index is 1440. The van der Waals surface area contributed by atoms with Crippen molar-refractivity contribution in [3.05, 3.63) is 54.2 Å². The number of nitrogens with one attached hydrogen (secondary N) is 1. The molecule has 1 aromatic heterocycles. The molecule has 0 radical (unpaired) electrons. The molecule has 11 heteroatoms. The van der Waals surface area contributed by atoms with Gasteiger partial charge in [0.25, 0.3) is 0 Å². The first-order valence-corrected chi connectivity index (χ1v) is 14.9. The molecule has 9 nitrogen and oxygen atoms in total. The van der Waals surface area contributed by atoms with Crippen LogP contribution in [0.5, 0.6) is 5.75 Å². The van der Waals surface area contributed by atoms with E-state index in [1.54, 1.807) is 81.6 Å². The van der Waals surface area contributed by atoms with Crippen molar-refractivity contribution in [3.63, 3.8) is 0 Å². The van der Waals surface area contributed by atoms with E-state index in [9.17, 15) is 18.2 Å². The Morgan fingerprint density at radius 1 is 1.17 bits per heavy atom. The number of para-hydroxylation sites is 1. The summed E-state index contributed by atoms with van der Waals surface area (Å²) < 4.78 is 43.8. The molecule has 1 N–H and O–H groups in total. The van der Waals surface area contributed by atoms with Gasteiger partial charge in [-0.1, -0.05) is 12.1 Å². The molecule has 0 spiro atoms. The number of methoxy groups -OCH3 is 1. The van der Waals surface area contributed by atoms with Crippen LogP contribution in [0.3, 0.4) is 0 Å². The smallest absolute Gasteiger partial charge is 0.229 e. The third-order valence-electron chi connectivity index (χ3n) is 5.41. The minimum Gasteiger partial charge on any atom is -0.495 e. The van der Waals surface area contributed by atoms with Gasteiger partial charge in [-0.2, -0.15) is 10.2 Å². The molecule has 3 rings (SSSR count). The minimum absolute atomic E-state index is 0.148. The van der Waals surface area contributed by atoms with Crippen molar-refractivity contribution in [2.75, 3.05) is 37.7 Å². The number of benzene rings is 2. The van der Waals surface area contributed by atoms with Gasteiger partial charge in [-0.05, 0) is 57.5 Å². The lowest BCUT2D eigenvalue weighted by molar-refractivity contribution is 0.417. The maximum absolute atomic E-state index is 12.9. The maximum Gasteiger partial charge on any atom is 0.229 e. The summed E-state index contributed by atoms with van der Waals surface area (Å²) in [5.74, 6) is 0.874. The van der Waals surface area contributed by atoms with Crippen LogP contribution < -0.4 is 20.3 Å². The summed E-state index contributed by atoms with van der Waals surface area (Å²) >= 11 is 0. The summed E-state index contributed by atoms with van der Waals surface area (Å²) in [4.78, 5) is 10.4. The normalized spacial score (nSPS) is 11.7. The lowest BCUT2D eigenvalue weighted by atomic mass is 10.2. The van der Waals surface area contributed by atoms with Crippen molar-refractivity contribution < 1.29 is 17.7 Å². The van der Waals surface area contributed by atoms with Crippen molar-refractivity contribution in [2.24, 2.45) is 0 Å². The van der Waals surface area contributed by atoms with Crippen LogP contribution in [-0.4, -0.2) is 51.1 Å². The van der Waals surface area contributed by atoms with Gasteiger partial charge in [0.05, 0.1) is 34.8 Å². The molecule has 1 heterocycles. The van der Waals surface area contributed by atoms with Crippen molar-refractivity contribution in [1.82, 2.24) is 9.97 Å². The Balaban J connectivity index is 2.06. The fourth-order valence-electron chi connectivity index (χ4n) is 3.35. The quantitative estimate of drug-likeness (QED) is 0.439. The van der Waals surface area contributed by atoms with Gasteiger partial charge in [0.1, 0.15) is 24.5 Å². The Morgan fingerprint density at radius 3 is 2.46 bits per heavy atom. The number of hydrogen-bond acceptors (Lipinski definition) is 9. The van der Waals surface area contributed by atoms with Gasteiger partial charge < -0.3 is 19.5 Å². The second-order valence-corrected chi connectivity index (χ2v) is 14.2. The third-order valence-corrected chi connectivity index (χ3v) is 9.14. The Morgan fingerprint density at radius 2 is 1.86 bits per heavy atom. The first-order chi connectivity index (χ1) is 16.4. The van der Waals surface area contributed by atoms with Crippen LogP contribution >= 0.6 is 7.14 Å². The van der Waals surface area contributed by atoms with Gasteiger partial charge in [-0.25, -0.2) is 13.4 Å². The van der Waals surface area contributed by atoms with Crippen molar-refractivity contribution in [1.29, 1.82) is 5.26 Å². The van der Waals surface area contributed by atoms with Gasteiger partial charge in [0, 0.05) is 12.4 Å². The van der Waals surface area contributed by atoms with Gasteiger partial charge in [0.2, 0.25) is 5.95 Å². The molecule has 0 atom stereocenters. The first kappa shape index (κ1) is 26.2. The number of sulfone groups is 1. The average molecular weight is 514 g/mol. The molecule has 0 saturated heterocycles. The third kappa shape index (κ3) is 5.47. The van der Waals surface area contributed by atoms with E-state index in [1.807, 2.05) is 0 Å². The van der Waals surface area contributed by atoms with Crippen LogP contribution in [0.4, 0.5) is 23.1 Å². The monoisotopic (exact) mass is 513 g/mol. The average Bonchev–Trinajstić information content (AvgIpc) is 2.83. The van der Waals surface area contributed by atoms with E-state index >= 15 is 0 Å². The highest BCUT2D eigenvalue weighted by molar-refractivity contribution is 7.92. The summed E-state index contributed by atoms with van der Waals surface area (Å²) in [6.07, 6.45) is 1.37. The number of anilines is 4. The Kier molecular flexibility index (Phi) is 7.53. The Hall–Kier alpha value is -3.41. The maximum atomic E-state index is 12.9. The second kappa shape index (κ2) is 10.1. The molecule has 3 aromatic rings. The molecule has 0 saturated carbocycles. The van der Waals surface area contributed by atoms with E-state index in [4.69, 9.17) is 4.74 Å². The van der Waals surface area contributed by atoms with Crippen LogP contribution in [0, 0.1) is 11.3 Å². The van der Waals surface area contributed by atoms with E-state index in [-0.39, 0.29) is 22.2 Å². The molecule has 0 aliphatic rings. The number of nitrogens with zero attached hydrogens (tertiary/aromatic N) is 4. The minimum atomic E-state index is -3.59. The molecule has 0 amide bonds. The van der Waals surface area contributed by atoms with E-state index in [2.05, 4.69) is 21.4 Å². The predicted octanol–water partition coefficient (Wildman–Crippen LogP) is 4.30. The zero-order valence-electron chi connectivity index (χ0n) is 20.5. The summed E-state index contributed by atoms with van der Waals surface area (Å²) in [5.41, 5.74) is 1.12. The largest absolute Gasteiger partial charge is 0.495 e. The molecule has 0 fully saturated rings. The number of hydrogen-bond donors (Lipinski definition) is 1. The summed E-state index contributed by atoms with van der Waals surface area (Å²) in [7, 11) is -2.91. The Labute approximate surface area is 206 Å². The molecule has 2 aromatic carbocycles. The molecular weight excluding hydrogens is 485 g/mol. The topological polar surface area (TPSA) is 125 Å². The second-order valence-electron chi connectivity index (χ2n) is 8.52. The molecule has 0 bridgehead atoms. The fraction of sp³-hybridized carbons (Fsp3) is 0.292. The first-order valence-electron chi connectivity index (χ1n) is 10.7. The van der Waals surface area contributed by atoms with Crippen LogP contribution in [-0.2, 0) is 14.4 Å². The highest BCUT2D eigenvalue weighted by Gasteiger charge is 2.26. The van der Waals surface area contributed by atoms with Crippen LogP contribution in [0.15, 0.2) is 53.6 Å². The van der Waals surface area contributed by atoms with Gasteiger partial charge >= 0.3 is 0 Å². The zero-order chi connectivity index (χ0) is 26.0. The molecule has 184 valence electrons. The van der Waals surface area contributed by atoms with Gasteiger partial charge in [-0.15, -0.1) is 0 Å². The SMILES string of the molecule is COc1cc(P(C)(C)=O)ccc1Nc1ncc(C#N)c(N(C)c2ccccc2S(=O)(=O)C(C)C)n1. The number of aromatic nitrogens is 2. The highest BCUT2D eigenvalue weighted by Crippen LogP contribution is 2.38. The van der Waals surface area contributed by atoms with Crippen LogP contribution in [0.25, 0.3) is 0 Å². The zero-order valence-corrected chi connectivity index (χ0v) is 22.2. The molecule has 0 unspecified atom stereocenters. The molecular formula is C24H28N5O4PS. The van der Waals surface area contributed by atoms with E-state index in [0.29, 0.717) is 22.4 Å². The predicted molar refractivity (Wildman–Crippen MR) is 139 cm³/mol. The summed E-state index contributed by atoms with van der Waals surface area (Å²) in [6.45, 7) is 6.60. The van der Waals surface area contributed by atoms with Gasteiger partial charge in [-0.3, -0.25) is 0 Å². The van der Waals surface area contributed by atoms with Crippen LogP contribution in [0.2, 0.25) is 0 Å². The lowest BCUT2D eigenvalue weighted by Gasteiger charge is -2.23.